The van der Waals surface area contributed by atoms with Gasteiger partial charge < -0.3 is 54.3 Å². The van der Waals surface area contributed by atoms with Crippen LogP contribution in [0.2, 0.25) is 0 Å². The zero-order chi connectivity index (χ0) is 44.5. The molecule has 0 radical (unpaired) electrons. The number of hydrogen-bond donors (Lipinski definition) is 6. The number of carboxylic acids is 2. The predicted octanol–water partition coefficient (Wildman–Crippen LogP) is 4.90. The third-order valence-electron chi connectivity index (χ3n) is 12.7. The highest BCUT2D eigenvalue weighted by molar-refractivity contribution is 5.95. The van der Waals surface area contributed by atoms with Crippen molar-refractivity contribution in [3.63, 3.8) is 0 Å². The van der Waals surface area contributed by atoms with Gasteiger partial charge in [0.05, 0.1) is 61.0 Å². The summed E-state index contributed by atoms with van der Waals surface area (Å²) in [5.74, 6) is -3.21. The van der Waals surface area contributed by atoms with Crippen LogP contribution in [-0.4, -0.2) is 122 Å². The van der Waals surface area contributed by atoms with Crippen LogP contribution in [0.3, 0.4) is 0 Å². The van der Waals surface area contributed by atoms with Gasteiger partial charge in [0.2, 0.25) is 5.43 Å². The summed E-state index contributed by atoms with van der Waals surface area (Å²) in [6.07, 6.45) is 8.19. The Balaban J connectivity index is 0.000000240. The predicted molar refractivity (Wildman–Crippen MR) is 224 cm³/mol. The van der Waals surface area contributed by atoms with Gasteiger partial charge >= 0.3 is 17.9 Å². The Kier molecular flexibility index (Phi) is 17.3. The lowest BCUT2D eigenvalue weighted by atomic mass is 9.85. The van der Waals surface area contributed by atoms with Gasteiger partial charge in [-0.15, -0.1) is 0 Å². The molecular weight excluding hydrogens is 795 g/mol. The first-order chi connectivity index (χ1) is 29.0. The molecule has 16 heteroatoms. The van der Waals surface area contributed by atoms with Crippen LogP contribution in [0.5, 0.6) is 0 Å². The molecule has 3 saturated heterocycles. The molecule has 5 heterocycles. The Bertz CT molecular complexity index is 1930. The summed E-state index contributed by atoms with van der Waals surface area (Å²) in [6.45, 7) is 9.16. The lowest BCUT2D eigenvalue weighted by molar-refractivity contribution is -0.165. The van der Waals surface area contributed by atoms with Crippen LogP contribution in [-0.2, 0) is 30.2 Å². The smallest absolute Gasteiger partial charge is 0.341 e. The van der Waals surface area contributed by atoms with Gasteiger partial charge in [-0.1, -0.05) is 38.2 Å². The molecule has 1 aromatic carbocycles. The summed E-state index contributed by atoms with van der Waals surface area (Å²) in [6, 6.07) is 1.22. The maximum Gasteiger partial charge on any atom is 0.341 e. The number of aliphatic hydroxyl groups excluding tert-OH is 4. The van der Waals surface area contributed by atoms with Crippen LogP contribution in [0.25, 0.3) is 10.9 Å². The highest BCUT2D eigenvalue weighted by Gasteiger charge is 2.48. The summed E-state index contributed by atoms with van der Waals surface area (Å²) in [5.41, 5.74) is 1.64. The van der Waals surface area contributed by atoms with E-state index >= 15 is 4.39 Å². The van der Waals surface area contributed by atoms with Gasteiger partial charge in [-0.2, -0.15) is 0 Å². The van der Waals surface area contributed by atoms with Crippen molar-refractivity contribution in [1.82, 2.24) is 4.57 Å². The number of halogens is 1. The number of aliphatic carboxylic acids is 1. The van der Waals surface area contributed by atoms with Gasteiger partial charge in [0.25, 0.3) is 0 Å². The third-order valence-corrected chi connectivity index (χ3v) is 12.7. The number of aryl methyl sites for hydroxylation is 1. The van der Waals surface area contributed by atoms with Crippen LogP contribution in [0, 0.1) is 17.7 Å². The molecule has 2 aromatic rings. The molecule has 340 valence electrons. The van der Waals surface area contributed by atoms with E-state index in [1.165, 1.54) is 18.3 Å². The Morgan fingerprint density at radius 1 is 0.984 bits per heavy atom. The molecule has 4 aliphatic rings. The van der Waals surface area contributed by atoms with E-state index in [-0.39, 0.29) is 53.6 Å². The summed E-state index contributed by atoms with van der Waals surface area (Å²) in [4.78, 5) is 48.5. The van der Waals surface area contributed by atoms with Gasteiger partial charge in [-0.3, -0.25) is 9.59 Å². The minimum atomic E-state index is -1.30. The van der Waals surface area contributed by atoms with Crippen LogP contribution >= 0.6 is 0 Å². The first kappa shape index (κ1) is 48.1. The fraction of sp³-hybridized carbons (Fsp3) is 0.689. The van der Waals surface area contributed by atoms with E-state index in [9.17, 15) is 44.7 Å². The number of carbonyl (C=O) groups is 3. The highest BCUT2D eigenvalue weighted by atomic mass is 19.1. The number of nitrogens with zero attached hydrogens (tertiary/aromatic N) is 2. The summed E-state index contributed by atoms with van der Waals surface area (Å²) in [7, 11) is 0. The van der Waals surface area contributed by atoms with E-state index in [4.69, 9.17) is 19.3 Å². The van der Waals surface area contributed by atoms with E-state index in [2.05, 4.69) is 0 Å². The van der Waals surface area contributed by atoms with Crippen LogP contribution in [0.4, 0.5) is 10.1 Å². The molecule has 0 amide bonds. The number of epoxide rings is 1. The van der Waals surface area contributed by atoms with Crippen molar-refractivity contribution >= 4 is 34.5 Å². The molecule has 0 bridgehead atoms. The number of piperidine rings is 1. The van der Waals surface area contributed by atoms with Crippen LogP contribution in [0.15, 0.2) is 28.7 Å². The maximum absolute atomic E-state index is 15.0. The highest BCUT2D eigenvalue weighted by Crippen LogP contribution is 2.40. The third kappa shape index (κ3) is 12.6. The Morgan fingerprint density at radius 3 is 2.31 bits per heavy atom. The number of carboxylic acid groups (broad SMARTS) is 2. The molecule has 4 aliphatic heterocycles. The summed E-state index contributed by atoms with van der Waals surface area (Å²) in [5, 5.41) is 58.7. The second-order valence-corrected chi connectivity index (χ2v) is 17.5. The van der Waals surface area contributed by atoms with E-state index < -0.39 is 53.6 Å². The van der Waals surface area contributed by atoms with Gasteiger partial charge in [-0.25, -0.2) is 14.0 Å². The Labute approximate surface area is 356 Å². The number of hydrogen-bond acceptors (Lipinski definition) is 12. The van der Waals surface area contributed by atoms with Gasteiger partial charge in [0.1, 0.15) is 17.5 Å². The number of unbranched alkanes of at least 4 members (excludes halogenated alkanes) is 5. The number of esters is 1. The standard InChI is InChI=1S/C26H44O9.C19H21FN2O4/c1-16(13-23(30)33-11-9-7-5-4-6-8-10-22(28)29)12-20-25(32)24(31)19(15-34-20)14-21-26(35-21)17(2)18(3)27;1-10-2-3-12-16-13(18(24)14(19(25)26)9-22(10)16)8-15(20)17(12)21-6-4-11(23)5-7-21/h13,17-21,24-27,31-32H,4-12,14-15H2,1-3H3,(H,28,29);8-11,23H,2-7H2,1H3,(H,25,26)/b16-13+;/t17-,18-,19-,20-,21-,24+,25-,26-;/m0./s1. The number of carbonyl (C=O) groups excluding carboxylic acids is 1. The average Bonchev–Trinajstić information content (AvgIpc) is 3.98. The van der Waals surface area contributed by atoms with Crippen molar-refractivity contribution in [3.8, 4) is 0 Å². The fourth-order valence-corrected chi connectivity index (χ4v) is 8.81. The van der Waals surface area contributed by atoms with Crippen molar-refractivity contribution in [3.05, 3.63) is 51.1 Å². The fourth-order valence-electron chi connectivity index (χ4n) is 8.81. The van der Waals surface area contributed by atoms with Gasteiger partial charge in [0, 0.05) is 60.6 Å². The molecule has 0 spiro atoms. The molecule has 0 aliphatic carbocycles. The summed E-state index contributed by atoms with van der Waals surface area (Å²) < 4.78 is 33.5. The number of anilines is 1. The Hall–Kier alpha value is -3.93. The number of aromatic nitrogens is 1. The second-order valence-electron chi connectivity index (χ2n) is 17.5. The minimum Gasteiger partial charge on any atom is -0.481 e. The number of pyridine rings is 1. The zero-order valence-corrected chi connectivity index (χ0v) is 35.8. The largest absolute Gasteiger partial charge is 0.481 e. The molecule has 3 fully saturated rings. The van der Waals surface area contributed by atoms with E-state index in [1.807, 2.05) is 18.7 Å². The normalized spacial score (nSPS) is 26.3. The van der Waals surface area contributed by atoms with Gasteiger partial charge in [0.15, 0.2) is 0 Å². The van der Waals surface area contributed by atoms with Crippen molar-refractivity contribution in [1.29, 1.82) is 0 Å². The molecule has 6 rings (SSSR count). The van der Waals surface area contributed by atoms with Crippen LogP contribution < -0.4 is 10.3 Å². The quantitative estimate of drug-likeness (QED) is 0.0508. The Morgan fingerprint density at radius 2 is 1.66 bits per heavy atom. The van der Waals surface area contributed by atoms with Crippen molar-refractivity contribution in [2.75, 3.05) is 31.2 Å². The van der Waals surface area contributed by atoms with Crippen molar-refractivity contribution in [2.24, 2.45) is 11.8 Å². The van der Waals surface area contributed by atoms with E-state index in [1.54, 1.807) is 18.4 Å². The molecule has 1 unspecified atom stereocenters. The van der Waals surface area contributed by atoms with E-state index in [0.29, 0.717) is 81.6 Å². The molecule has 61 heavy (non-hydrogen) atoms. The molecule has 6 N–H and O–H groups in total. The number of ether oxygens (including phenoxy) is 3. The number of aliphatic hydroxyl groups is 4. The number of aromatic carboxylic acids is 1. The summed E-state index contributed by atoms with van der Waals surface area (Å²) >= 11 is 0. The number of rotatable bonds is 18. The molecule has 15 nitrogen and oxygen atoms in total. The topological polar surface area (TPSA) is 229 Å². The zero-order valence-electron chi connectivity index (χ0n) is 35.8. The lowest BCUT2D eigenvalue weighted by Crippen LogP contribution is -2.50. The SMILES string of the molecule is C/C(=C\C(=O)OCCCCCCCCC(=O)O)C[C@@H]1OC[C@H](C[C@@H]2O[C@H]2[C@@H](C)[C@H](C)O)[C@@H](O)[C@H]1O.CC1CCc2c(N3CCC(O)CC3)c(F)cc3c(=O)c(C(=O)O)cn1c23. The maximum atomic E-state index is 15.0. The molecule has 0 saturated carbocycles. The molecule has 9 atom stereocenters. The first-order valence-corrected chi connectivity index (χ1v) is 21.9. The van der Waals surface area contributed by atoms with Gasteiger partial charge in [-0.05, 0) is 78.2 Å². The van der Waals surface area contributed by atoms with Crippen molar-refractivity contribution in [2.45, 2.75) is 160 Å². The second kappa shape index (κ2) is 21.9. The average molecular weight is 861 g/mol. The number of benzene rings is 1. The van der Waals surface area contributed by atoms with E-state index in [0.717, 1.165) is 44.1 Å². The lowest BCUT2D eigenvalue weighted by Gasteiger charge is -2.38. The van der Waals surface area contributed by atoms with Crippen LogP contribution in [0.1, 0.15) is 127 Å². The molecular formula is C45H65FN2O13. The monoisotopic (exact) mass is 860 g/mol. The molecule has 1 aromatic heterocycles. The minimum absolute atomic E-state index is 0.0160. The first-order valence-electron chi connectivity index (χ1n) is 21.9. The van der Waals surface area contributed by atoms with Crippen molar-refractivity contribution < 1.29 is 63.6 Å².